The van der Waals surface area contributed by atoms with Crippen LogP contribution in [-0.2, 0) is 20.4 Å². The Morgan fingerprint density at radius 1 is 0.474 bits per heavy atom. The second-order valence-corrected chi connectivity index (χ2v) is 9.01. The topological polar surface area (TPSA) is 87.7 Å². The summed E-state index contributed by atoms with van der Waals surface area (Å²) < 4.78 is 54.6. The normalized spacial score (nSPS) is 53.5. The highest BCUT2D eigenvalue weighted by Crippen LogP contribution is 2.29. The molecule has 12 heteroatoms. The molecule has 5 saturated heterocycles. The summed E-state index contributed by atoms with van der Waals surface area (Å²) in [5.41, 5.74) is 0. The van der Waals surface area contributed by atoms with E-state index in [9.17, 15) is 16.8 Å². The summed E-state index contributed by atoms with van der Waals surface area (Å²) in [7, 11) is -7.21. The Bertz CT molecular complexity index is 529. The van der Waals surface area contributed by atoms with Gasteiger partial charge in [-0.3, -0.25) is 9.80 Å². The molecule has 5 aliphatic heterocycles. The maximum Gasteiger partial charge on any atom is 0.286 e. The molecule has 5 heterocycles. The fourth-order valence-electron chi connectivity index (χ4n) is 2.88. The van der Waals surface area contributed by atoms with Crippen molar-refractivity contribution in [2.45, 2.75) is 0 Å². The first-order valence-corrected chi connectivity index (χ1v) is 8.62. The van der Waals surface area contributed by atoms with E-state index >= 15 is 0 Å². The Hall–Kier alpha value is -0.340. The van der Waals surface area contributed by atoms with Crippen molar-refractivity contribution in [3.05, 3.63) is 0 Å². The van der Waals surface area contributed by atoms with Crippen molar-refractivity contribution in [1.82, 2.24) is 27.0 Å². The van der Waals surface area contributed by atoms with E-state index in [4.69, 9.17) is 0 Å². The van der Waals surface area contributed by atoms with E-state index < -0.39 is 20.4 Å². The molecule has 0 spiro atoms. The van der Waals surface area contributed by atoms with Crippen molar-refractivity contribution < 1.29 is 16.8 Å². The molecule has 6 bridgehead atoms. The average Bonchev–Trinajstić information content (AvgIpc) is 2.36. The van der Waals surface area contributed by atoms with Gasteiger partial charge in [-0.05, 0) is 0 Å². The minimum atomic E-state index is -3.60. The number of hydrogen-bond acceptors (Lipinski definition) is 6. The third-order valence-electron chi connectivity index (χ3n) is 3.77. The minimum Gasteiger partial charge on any atom is -0.262 e. The van der Waals surface area contributed by atoms with E-state index in [0.29, 0.717) is 6.67 Å². The minimum absolute atomic E-state index is 0.103. The van der Waals surface area contributed by atoms with Gasteiger partial charge in [0.15, 0.2) is 0 Å². The smallest absolute Gasteiger partial charge is 0.262 e. The molecular weight excluding hydrogens is 298 g/mol. The quantitative estimate of drug-likeness (QED) is 0.444. The van der Waals surface area contributed by atoms with Crippen molar-refractivity contribution in [3.63, 3.8) is 0 Å². The average molecular weight is 312 g/mol. The van der Waals surface area contributed by atoms with Gasteiger partial charge in [-0.1, -0.05) is 0 Å². The molecule has 0 aromatic carbocycles. The molecule has 0 aromatic rings. The number of nitrogens with zero attached hydrogens (tertiary/aromatic N) is 6. The van der Waals surface area contributed by atoms with Crippen LogP contribution in [0.1, 0.15) is 0 Å². The Balaban J connectivity index is 1.92. The lowest BCUT2D eigenvalue weighted by molar-refractivity contribution is -0.0637. The molecule has 5 aliphatic rings. The standard InChI is InChI=1S/C7H14N6O4S2/c14-18(15)10-2-8-1-9-4-12(18)7-13(5-9)19(16,17)11(3-8)6-10/h1-7H2/i8+1,9+1. The monoisotopic (exact) mass is 312 g/mol. The maximum absolute atomic E-state index is 12.4. The second kappa shape index (κ2) is 3.65. The van der Waals surface area contributed by atoms with Gasteiger partial charge in [-0.2, -0.15) is 34.1 Å². The maximum atomic E-state index is 12.4. The molecule has 0 aromatic heterocycles. The van der Waals surface area contributed by atoms with Crippen LogP contribution in [-0.4, -0.2) is 90.5 Å². The van der Waals surface area contributed by atoms with Crippen LogP contribution in [0, 0.1) is 0 Å². The molecule has 4 atom stereocenters. The van der Waals surface area contributed by atoms with Crippen molar-refractivity contribution in [1.29, 1.82) is 0 Å². The SMILES string of the molecule is O=S1(=O)N2CN3C[15N](C2)C[15N]2CN1CN(C2)S3(=O)=O. The van der Waals surface area contributed by atoms with E-state index in [1.165, 1.54) is 17.2 Å². The van der Waals surface area contributed by atoms with Crippen LogP contribution in [0.25, 0.3) is 0 Å². The van der Waals surface area contributed by atoms with Crippen LogP contribution in [0.5, 0.6) is 0 Å². The highest BCUT2D eigenvalue weighted by Gasteiger charge is 2.50. The summed E-state index contributed by atoms with van der Waals surface area (Å²) in [5.74, 6) is 0. The summed E-state index contributed by atoms with van der Waals surface area (Å²) in [6.07, 6.45) is 0. The van der Waals surface area contributed by atoms with Gasteiger partial charge in [-0.25, -0.2) is 0 Å². The van der Waals surface area contributed by atoms with Gasteiger partial charge < -0.3 is 0 Å². The van der Waals surface area contributed by atoms with Crippen molar-refractivity contribution >= 4 is 20.4 Å². The van der Waals surface area contributed by atoms with Crippen LogP contribution in [0.15, 0.2) is 0 Å². The second-order valence-electron chi connectivity index (χ2n) is 5.15. The Morgan fingerprint density at radius 3 is 1.11 bits per heavy atom. The zero-order chi connectivity index (χ0) is 13.4. The zero-order valence-electron chi connectivity index (χ0n) is 10.1. The molecule has 0 saturated carbocycles. The van der Waals surface area contributed by atoms with Gasteiger partial charge in [0.1, 0.15) is 0 Å². The van der Waals surface area contributed by atoms with E-state index in [0.717, 1.165) is 0 Å². The first-order chi connectivity index (χ1) is 8.87. The first-order valence-electron chi connectivity index (χ1n) is 5.82. The fraction of sp³-hybridized carbons (Fsp3) is 1.00. The molecule has 0 radical (unpaired) electrons. The predicted molar refractivity (Wildman–Crippen MR) is 62.9 cm³/mol. The van der Waals surface area contributed by atoms with E-state index in [-0.39, 0.29) is 40.0 Å². The van der Waals surface area contributed by atoms with Crippen LogP contribution in [0.3, 0.4) is 0 Å². The molecule has 108 valence electrons. The summed E-state index contributed by atoms with van der Waals surface area (Å²) >= 11 is 0. The molecule has 5 fully saturated rings. The highest BCUT2D eigenvalue weighted by molar-refractivity contribution is 7.88. The van der Waals surface area contributed by atoms with Gasteiger partial charge in [-0.15, -0.1) is 0 Å². The molecular formula is C7H14N6O4S2. The lowest BCUT2D eigenvalue weighted by atomic mass is 10.7. The summed E-state index contributed by atoms with van der Waals surface area (Å²) in [6, 6.07) is 0. The van der Waals surface area contributed by atoms with E-state index in [1.807, 2.05) is 9.80 Å². The summed E-state index contributed by atoms with van der Waals surface area (Å²) in [4.78, 5) is 3.64. The third-order valence-corrected chi connectivity index (χ3v) is 7.30. The molecule has 19 heavy (non-hydrogen) atoms. The van der Waals surface area contributed by atoms with Crippen LogP contribution < -0.4 is 0 Å². The van der Waals surface area contributed by atoms with Gasteiger partial charge in [0.2, 0.25) is 0 Å². The van der Waals surface area contributed by atoms with Crippen molar-refractivity contribution in [2.24, 2.45) is 0 Å². The molecule has 5 rings (SSSR count). The van der Waals surface area contributed by atoms with Crippen molar-refractivity contribution in [3.8, 4) is 0 Å². The summed E-state index contributed by atoms with van der Waals surface area (Å²) in [6.45, 7) is 1.30. The lowest BCUT2D eigenvalue weighted by Gasteiger charge is -2.54. The van der Waals surface area contributed by atoms with Crippen LogP contribution in [0.4, 0.5) is 0 Å². The largest absolute Gasteiger partial charge is 0.286 e. The van der Waals surface area contributed by atoms with Gasteiger partial charge in [0.25, 0.3) is 20.4 Å². The lowest BCUT2D eigenvalue weighted by Crippen LogP contribution is -2.74. The molecule has 10 nitrogen and oxygen atoms in total. The van der Waals surface area contributed by atoms with E-state index in [1.54, 1.807) is 0 Å². The molecule has 0 N–H and O–H groups in total. The zero-order valence-corrected chi connectivity index (χ0v) is 11.7. The number of hydrogen-bond donors (Lipinski definition) is 0. The van der Waals surface area contributed by atoms with Crippen LogP contribution >= 0.6 is 0 Å². The highest BCUT2D eigenvalue weighted by atomic mass is 32.2. The fourth-order valence-corrected chi connectivity index (χ4v) is 6.06. The molecule has 4 unspecified atom stereocenters. The van der Waals surface area contributed by atoms with Gasteiger partial charge >= 0.3 is 0 Å². The van der Waals surface area contributed by atoms with Crippen molar-refractivity contribution in [2.75, 3.05) is 46.7 Å². The predicted octanol–water partition coefficient (Wildman–Crippen LogP) is -2.96. The number of rotatable bonds is 0. The molecule has 0 aliphatic carbocycles. The first kappa shape index (κ1) is 12.4. The van der Waals surface area contributed by atoms with Gasteiger partial charge in [0, 0.05) is 0 Å². The Labute approximate surface area is 111 Å². The molecule has 0 amide bonds. The summed E-state index contributed by atoms with van der Waals surface area (Å²) in [5, 5.41) is 0. The third kappa shape index (κ3) is 1.62. The Morgan fingerprint density at radius 2 is 0.789 bits per heavy atom. The van der Waals surface area contributed by atoms with E-state index in [2.05, 4.69) is 0 Å². The van der Waals surface area contributed by atoms with Crippen LogP contribution in [0.2, 0.25) is 0 Å². The Kier molecular flexibility index (Phi) is 2.38. The van der Waals surface area contributed by atoms with Gasteiger partial charge in [0.05, 0.1) is 46.7 Å².